The zero-order valence-corrected chi connectivity index (χ0v) is 19.0. The highest BCUT2D eigenvalue weighted by molar-refractivity contribution is 5.92. The third-order valence-corrected chi connectivity index (χ3v) is 5.36. The highest BCUT2D eigenvalue weighted by Crippen LogP contribution is 2.40. The Bertz CT molecular complexity index is 962. The molecule has 8 heteroatoms. The summed E-state index contributed by atoms with van der Waals surface area (Å²) in [5.41, 5.74) is 2.43. The first-order valence-electron chi connectivity index (χ1n) is 10.7. The Labute approximate surface area is 188 Å². The minimum atomic E-state index is -0.504. The summed E-state index contributed by atoms with van der Waals surface area (Å²) in [7, 11) is 2.89. The number of para-hydroxylation sites is 2. The van der Waals surface area contributed by atoms with Crippen LogP contribution in [0.5, 0.6) is 17.2 Å². The van der Waals surface area contributed by atoms with E-state index in [-0.39, 0.29) is 12.5 Å². The molecule has 0 radical (unpaired) electrons. The maximum Gasteiger partial charge on any atom is 0.322 e. The molecule has 3 rings (SSSR count). The Balaban J connectivity index is 1.97. The SMILES string of the molecule is CCOc1cc2c(cc1OCC)C(CC(=O)OC)N(C(=O)Nc1ccccc1OC)CC2. The van der Waals surface area contributed by atoms with E-state index in [9.17, 15) is 9.59 Å². The number of urea groups is 1. The van der Waals surface area contributed by atoms with Crippen molar-refractivity contribution in [3.8, 4) is 17.2 Å². The average Bonchev–Trinajstić information content (AvgIpc) is 2.80. The highest BCUT2D eigenvalue weighted by atomic mass is 16.5. The minimum Gasteiger partial charge on any atom is -0.495 e. The van der Waals surface area contributed by atoms with Crippen LogP contribution in [-0.4, -0.2) is 50.9 Å². The third kappa shape index (κ3) is 5.07. The van der Waals surface area contributed by atoms with Gasteiger partial charge >= 0.3 is 12.0 Å². The zero-order valence-electron chi connectivity index (χ0n) is 19.0. The van der Waals surface area contributed by atoms with Gasteiger partial charge < -0.3 is 29.2 Å². The van der Waals surface area contributed by atoms with Gasteiger partial charge in [-0.15, -0.1) is 0 Å². The number of hydrogen-bond donors (Lipinski definition) is 1. The molecule has 0 aliphatic carbocycles. The molecule has 0 spiro atoms. The van der Waals surface area contributed by atoms with Gasteiger partial charge in [0.1, 0.15) is 5.75 Å². The van der Waals surface area contributed by atoms with Crippen molar-refractivity contribution in [2.24, 2.45) is 0 Å². The number of hydrogen-bond acceptors (Lipinski definition) is 6. The van der Waals surface area contributed by atoms with Crippen LogP contribution in [0.4, 0.5) is 10.5 Å². The standard InChI is InChI=1S/C24H30N2O6/c1-5-31-21-13-16-11-12-26(24(28)25-18-9-7-8-10-20(18)29-3)19(15-23(27)30-4)17(16)14-22(21)32-6-2/h7-10,13-14,19H,5-6,11-12,15H2,1-4H3,(H,25,28). The number of amides is 2. The Morgan fingerprint density at radius 2 is 1.72 bits per heavy atom. The molecule has 32 heavy (non-hydrogen) atoms. The van der Waals surface area contributed by atoms with Crippen LogP contribution in [0.25, 0.3) is 0 Å². The molecule has 0 aromatic heterocycles. The lowest BCUT2D eigenvalue weighted by Gasteiger charge is -2.37. The summed E-state index contributed by atoms with van der Waals surface area (Å²) in [6.07, 6.45) is 0.654. The summed E-state index contributed by atoms with van der Waals surface area (Å²) in [6.45, 7) is 5.23. The summed E-state index contributed by atoms with van der Waals surface area (Å²) >= 11 is 0. The molecule has 1 N–H and O–H groups in total. The summed E-state index contributed by atoms with van der Waals surface area (Å²) in [6, 6.07) is 10.2. The molecule has 0 saturated heterocycles. The summed E-state index contributed by atoms with van der Waals surface area (Å²) in [5, 5.41) is 2.91. The highest BCUT2D eigenvalue weighted by Gasteiger charge is 2.34. The van der Waals surface area contributed by atoms with Crippen molar-refractivity contribution in [2.45, 2.75) is 32.7 Å². The number of methoxy groups -OCH3 is 2. The molecule has 1 heterocycles. The fourth-order valence-electron chi connectivity index (χ4n) is 3.89. The lowest BCUT2D eigenvalue weighted by molar-refractivity contribution is -0.141. The molecule has 2 amide bonds. The monoisotopic (exact) mass is 442 g/mol. The number of esters is 1. The van der Waals surface area contributed by atoms with Crippen molar-refractivity contribution in [1.82, 2.24) is 4.90 Å². The van der Waals surface area contributed by atoms with E-state index in [0.717, 1.165) is 11.1 Å². The number of carbonyl (C=O) groups is 2. The lowest BCUT2D eigenvalue weighted by Crippen LogP contribution is -2.43. The van der Waals surface area contributed by atoms with Crippen LogP contribution in [0.2, 0.25) is 0 Å². The number of fused-ring (bicyclic) bond motifs is 1. The summed E-state index contributed by atoms with van der Waals surface area (Å²) < 4.78 is 21.8. The van der Waals surface area contributed by atoms with E-state index in [1.165, 1.54) is 7.11 Å². The van der Waals surface area contributed by atoms with Crippen molar-refractivity contribution in [1.29, 1.82) is 0 Å². The van der Waals surface area contributed by atoms with Crippen LogP contribution in [0, 0.1) is 0 Å². The summed E-state index contributed by atoms with van der Waals surface area (Å²) in [4.78, 5) is 27.2. The number of benzene rings is 2. The second-order valence-electron chi connectivity index (χ2n) is 7.23. The molecule has 2 aromatic carbocycles. The Morgan fingerprint density at radius 3 is 2.38 bits per heavy atom. The van der Waals surface area contributed by atoms with Gasteiger partial charge in [0.05, 0.1) is 45.6 Å². The van der Waals surface area contributed by atoms with E-state index in [0.29, 0.717) is 49.1 Å². The van der Waals surface area contributed by atoms with Crippen molar-refractivity contribution < 1.29 is 28.5 Å². The molecule has 0 fully saturated rings. The largest absolute Gasteiger partial charge is 0.495 e. The van der Waals surface area contributed by atoms with Gasteiger partial charge in [0.15, 0.2) is 11.5 Å². The van der Waals surface area contributed by atoms with Crippen molar-refractivity contribution >= 4 is 17.7 Å². The second kappa shape index (κ2) is 10.7. The first-order valence-corrected chi connectivity index (χ1v) is 10.7. The normalized spacial score (nSPS) is 14.9. The number of nitrogens with zero attached hydrogens (tertiary/aromatic N) is 1. The molecule has 172 valence electrons. The van der Waals surface area contributed by atoms with Gasteiger partial charge in [0, 0.05) is 6.54 Å². The molecule has 1 unspecified atom stereocenters. The van der Waals surface area contributed by atoms with Crippen LogP contribution in [0.15, 0.2) is 36.4 Å². The quantitative estimate of drug-likeness (QED) is 0.617. The van der Waals surface area contributed by atoms with E-state index >= 15 is 0 Å². The zero-order chi connectivity index (χ0) is 23.1. The molecule has 1 atom stereocenters. The molecular weight excluding hydrogens is 412 g/mol. The van der Waals surface area contributed by atoms with Crippen LogP contribution >= 0.6 is 0 Å². The van der Waals surface area contributed by atoms with Crippen LogP contribution in [0.1, 0.15) is 37.4 Å². The van der Waals surface area contributed by atoms with Crippen LogP contribution in [-0.2, 0) is 16.0 Å². The molecule has 0 saturated carbocycles. The second-order valence-corrected chi connectivity index (χ2v) is 7.23. The first-order chi connectivity index (χ1) is 15.5. The van der Waals surface area contributed by atoms with E-state index < -0.39 is 12.0 Å². The van der Waals surface area contributed by atoms with Gasteiger partial charge in [-0.05, 0) is 55.7 Å². The minimum absolute atomic E-state index is 0.0301. The van der Waals surface area contributed by atoms with E-state index in [1.54, 1.807) is 24.1 Å². The maximum absolute atomic E-state index is 13.3. The summed E-state index contributed by atoms with van der Waals surface area (Å²) in [5.74, 6) is 1.42. The predicted molar refractivity (Wildman–Crippen MR) is 121 cm³/mol. The molecule has 1 aliphatic heterocycles. The molecule has 8 nitrogen and oxygen atoms in total. The van der Waals surface area contributed by atoms with Gasteiger partial charge in [-0.2, -0.15) is 0 Å². The lowest BCUT2D eigenvalue weighted by atomic mass is 9.90. The number of nitrogens with one attached hydrogen (secondary N) is 1. The average molecular weight is 443 g/mol. The van der Waals surface area contributed by atoms with Gasteiger partial charge in [-0.1, -0.05) is 12.1 Å². The molecule has 1 aliphatic rings. The van der Waals surface area contributed by atoms with Gasteiger partial charge in [-0.25, -0.2) is 4.79 Å². The molecule has 0 bridgehead atoms. The van der Waals surface area contributed by atoms with E-state index in [2.05, 4.69) is 5.32 Å². The first kappa shape index (κ1) is 23.2. The van der Waals surface area contributed by atoms with Crippen molar-refractivity contribution in [3.05, 3.63) is 47.5 Å². The topological polar surface area (TPSA) is 86.3 Å². The fraction of sp³-hybridized carbons (Fsp3) is 0.417. The Morgan fingerprint density at radius 1 is 1.03 bits per heavy atom. The van der Waals surface area contributed by atoms with Crippen molar-refractivity contribution in [2.75, 3.05) is 39.3 Å². The fourth-order valence-corrected chi connectivity index (χ4v) is 3.89. The van der Waals surface area contributed by atoms with Crippen LogP contribution in [0.3, 0.4) is 0 Å². The third-order valence-electron chi connectivity index (χ3n) is 5.36. The van der Waals surface area contributed by atoms with Crippen molar-refractivity contribution in [3.63, 3.8) is 0 Å². The van der Waals surface area contributed by atoms with E-state index in [4.69, 9.17) is 18.9 Å². The number of ether oxygens (including phenoxy) is 4. The Kier molecular flexibility index (Phi) is 7.81. The maximum atomic E-state index is 13.3. The predicted octanol–water partition coefficient (Wildman–Crippen LogP) is 4.19. The molecular formula is C24H30N2O6. The number of rotatable bonds is 8. The van der Waals surface area contributed by atoms with Gasteiger partial charge in [-0.3, -0.25) is 4.79 Å². The van der Waals surface area contributed by atoms with Crippen LogP contribution < -0.4 is 19.5 Å². The Hall–Kier alpha value is -3.42. The van der Waals surface area contributed by atoms with Gasteiger partial charge in [0.2, 0.25) is 0 Å². The number of carbonyl (C=O) groups excluding carboxylic acids is 2. The van der Waals surface area contributed by atoms with Gasteiger partial charge in [0.25, 0.3) is 0 Å². The van der Waals surface area contributed by atoms with E-state index in [1.807, 2.05) is 38.1 Å². The number of anilines is 1. The smallest absolute Gasteiger partial charge is 0.322 e. The molecule has 2 aromatic rings.